The fourth-order valence-corrected chi connectivity index (χ4v) is 1.48. The van der Waals surface area contributed by atoms with E-state index >= 15 is 0 Å². The van der Waals surface area contributed by atoms with Gasteiger partial charge in [-0.15, -0.1) is 9.42 Å². The second-order valence-electron chi connectivity index (χ2n) is 3.07. The van der Waals surface area contributed by atoms with Crippen LogP contribution in [0.2, 0.25) is 0 Å². The van der Waals surface area contributed by atoms with Crippen molar-refractivity contribution in [2.75, 3.05) is 6.61 Å². The van der Waals surface area contributed by atoms with E-state index in [1.807, 2.05) is 0 Å². The molecule has 0 aromatic rings. The lowest BCUT2D eigenvalue weighted by Crippen LogP contribution is -2.58. The van der Waals surface area contributed by atoms with Gasteiger partial charge in [-0.1, -0.05) is 0 Å². The number of aliphatic hydroxyl groups excluding tert-OH is 4. The predicted molar refractivity (Wildman–Crippen MR) is 44.7 cm³/mol. The van der Waals surface area contributed by atoms with Crippen LogP contribution in [0.3, 0.4) is 0 Å². The minimum Gasteiger partial charge on any atom is -0.387 e. The molecule has 0 saturated carbocycles. The van der Waals surface area contributed by atoms with Crippen LogP contribution in [0.25, 0.3) is 0 Å². The van der Waals surface area contributed by atoms with Gasteiger partial charge >= 0.3 is 8.25 Å². The molecule has 8 nitrogen and oxygen atoms in total. The summed E-state index contributed by atoms with van der Waals surface area (Å²) in [6.07, 6.45) is -7.57. The molecule has 0 spiro atoms. The van der Waals surface area contributed by atoms with Crippen LogP contribution in [0.15, 0.2) is 0 Å². The smallest absolute Gasteiger partial charge is 0.387 e. The van der Waals surface area contributed by atoms with Crippen molar-refractivity contribution in [1.29, 1.82) is 0 Å². The van der Waals surface area contributed by atoms with Gasteiger partial charge in [-0.05, 0) is 0 Å². The van der Waals surface area contributed by atoms with Gasteiger partial charge in [0.05, 0.1) is 0 Å². The Morgan fingerprint density at radius 1 is 1.13 bits per heavy atom. The van der Waals surface area contributed by atoms with Gasteiger partial charge in [0, 0.05) is 4.57 Å². The maximum absolute atomic E-state index is 10.2. The largest absolute Gasteiger partial charge is 0.694 e. The van der Waals surface area contributed by atoms with E-state index in [1.165, 1.54) is 0 Å². The molecule has 1 saturated heterocycles. The summed E-state index contributed by atoms with van der Waals surface area (Å²) in [5, 5.41) is 36.7. The maximum atomic E-state index is 10.2. The summed E-state index contributed by atoms with van der Waals surface area (Å²) in [5.74, 6) is 0. The monoisotopic (exact) mass is 243 g/mol. The molecule has 0 aromatic carbocycles. The summed E-state index contributed by atoms with van der Waals surface area (Å²) in [5.41, 5.74) is 0. The molecule has 1 fully saturated rings. The van der Waals surface area contributed by atoms with Crippen LogP contribution in [-0.2, 0) is 13.8 Å². The van der Waals surface area contributed by atoms with Crippen LogP contribution in [0.5, 0.6) is 0 Å². The number of aliphatic hydroxyl groups is 4. The fraction of sp³-hybridized carbons (Fsp3) is 1.00. The summed E-state index contributed by atoms with van der Waals surface area (Å²) in [4.78, 5) is 8.33. The third kappa shape index (κ3) is 3.13. The molecule has 9 heteroatoms. The summed E-state index contributed by atoms with van der Waals surface area (Å²) in [6, 6.07) is 0. The van der Waals surface area contributed by atoms with Crippen LogP contribution in [0.1, 0.15) is 0 Å². The van der Waals surface area contributed by atoms with Crippen molar-refractivity contribution in [3.63, 3.8) is 0 Å². The Balaban J connectivity index is 2.54. The molecular formula is C6H12O8P+. The number of hydrogen-bond donors (Lipinski definition) is 5. The van der Waals surface area contributed by atoms with Gasteiger partial charge in [0.15, 0.2) is 6.29 Å². The van der Waals surface area contributed by atoms with E-state index in [2.05, 4.69) is 9.26 Å². The van der Waals surface area contributed by atoms with Crippen LogP contribution in [0, 0.1) is 0 Å². The highest BCUT2D eigenvalue weighted by Gasteiger charge is 2.44. The Labute approximate surface area is 85.6 Å². The number of rotatable bonds is 3. The van der Waals surface area contributed by atoms with E-state index in [9.17, 15) is 14.8 Å². The topological polar surface area (TPSA) is 137 Å². The highest BCUT2D eigenvalue weighted by molar-refractivity contribution is 7.32. The summed E-state index contributed by atoms with van der Waals surface area (Å²) < 4.78 is 19.1. The highest BCUT2D eigenvalue weighted by Crippen LogP contribution is 2.23. The molecule has 1 aliphatic rings. The van der Waals surface area contributed by atoms with E-state index in [-0.39, 0.29) is 0 Å². The summed E-state index contributed by atoms with van der Waals surface area (Å²) in [6.45, 7) is -0.478. The Morgan fingerprint density at radius 3 is 2.27 bits per heavy atom. The van der Waals surface area contributed by atoms with E-state index < -0.39 is 45.6 Å². The molecule has 0 aliphatic carbocycles. The third-order valence-electron chi connectivity index (χ3n) is 2.04. The Hall–Kier alpha value is -0.180. The minimum absolute atomic E-state index is 0.478. The van der Waals surface area contributed by atoms with E-state index in [0.29, 0.717) is 0 Å². The predicted octanol–water partition coefficient (Wildman–Crippen LogP) is -2.55. The normalized spacial score (nSPS) is 42.7. The molecule has 1 aliphatic heterocycles. The lowest BCUT2D eigenvalue weighted by Gasteiger charge is -2.37. The van der Waals surface area contributed by atoms with Crippen molar-refractivity contribution >= 4 is 8.25 Å². The van der Waals surface area contributed by atoms with E-state index in [1.54, 1.807) is 0 Å². The zero-order chi connectivity index (χ0) is 11.6. The molecule has 0 bridgehead atoms. The first kappa shape index (κ1) is 12.9. The first-order valence-electron chi connectivity index (χ1n) is 4.10. The molecule has 5 N–H and O–H groups in total. The van der Waals surface area contributed by atoms with Gasteiger partial charge in [-0.25, -0.2) is 0 Å². The van der Waals surface area contributed by atoms with Crippen molar-refractivity contribution in [3.8, 4) is 0 Å². The average molecular weight is 243 g/mol. The molecule has 6 atom stereocenters. The Kier molecular flexibility index (Phi) is 4.50. The van der Waals surface area contributed by atoms with Crippen molar-refractivity contribution in [2.24, 2.45) is 0 Å². The van der Waals surface area contributed by atoms with E-state index in [4.69, 9.17) is 15.1 Å². The number of hydrogen-bond acceptors (Lipinski definition) is 7. The van der Waals surface area contributed by atoms with E-state index in [0.717, 1.165) is 0 Å². The number of ether oxygens (including phenoxy) is 1. The quantitative estimate of drug-likeness (QED) is 0.342. The molecule has 88 valence electrons. The van der Waals surface area contributed by atoms with Crippen molar-refractivity contribution in [2.45, 2.75) is 30.7 Å². The second kappa shape index (κ2) is 5.24. The van der Waals surface area contributed by atoms with Crippen molar-refractivity contribution in [3.05, 3.63) is 0 Å². The van der Waals surface area contributed by atoms with Crippen molar-refractivity contribution < 1.29 is 39.1 Å². The second-order valence-corrected chi connectivity index (χ2v) is 3.80. The molecule has 1 heterocycles. The van der Waals surface area contributed by atoms with Crippen LogP contribution in [0.4, 0.5) is 0 Å². The van der Waals surface area contributed by atoms with Gasteiger partial charge in [-0.2, -0.15) is 0 Å². The molecule has 0 aromatic heterocycles. The van der Waals surface area contributed by atoms with Gasteiger partial charge < -0.3 is 25.2 Å². The SMILES string of the molecule is O=[P+](O)OCC1OC(O)C(O)C(O)C1O. The van der Waals surface area contributed by atoms with Gasteiger partial charge in [0.1, 0.15) is 31.0 Å². The van der Waals surface area contributed by atoms with Crippen LogP contribution < -0.4 is 0 Å². The Bertz CT molecular complexity index is 235. The molecular weight excluding hydrogens is 231 g/mol. The van der Waals surface area contributed by atoms with Crippen molar-refractivity contribution in [1.82, 2.24) is 0 Å². The summed E-state index contributed by atoms with van der Waals surface area (Å²) in [7, 11) is -2.85. The molecule has 6 unspecified atom stereocenters. The first-order valence-corrected chi connectivity index (χ1v) is 5.23. The highest BCUT2D eigenvalue weighted by atomic mass is 31.1. The van der Waals surface area contributed by atoms with Gasteiger partial charge in [0.2, 0.25) is 0 Å². The molecule has 0 amide bonds. The maximum Gasteiger partial charge on any atom is 0.694 e. The molecule has 0 radical (unpaired) electrons. The van der Waals surface area contributed by atoms with Gasteiger partial charge in [-0.3, -0.25) is 0 Å². The fourth-order valence-electron chi connectivity index (χ4n) is 1.21. The molecule has 1 rings (SSSR count). The zero-order valence-electron chi connectivity index (χ0n) is 7.50. The Morgan fingerprint density at radius 2 is 1.73 bits per heavy atom. The molecule has 15 heavy (non-hydrogen) atoms. The zero-order valence-corrected chi connectivity index (χ0v) is 8.40. The average Bonchev–Trinajstić information content (AvgIpc) is 2.18. The van der Waals surface area contributed by atoms with Gasteiger partial charge in [0.25, 0.3) is 0 Å². The lowest BCUT2D eigenvalue weighted by atomic mass is 10.00. The van der Waals surface area contributed by atoms with Crippen LogP contribution in [-0.4, -0.2) is 62.6 Å². The first-order chi connectivity index (χ1) is 6.93. The summed E-state index contributed by atoms with van der Waals surface area (Å²) >= 11 is 0. The standard InChI is InChI=1S/C6H11O8P/c7-3-2(1-13-15(11)12)14-6(10)5(9)4(3)8/h2-10H,1H2/p+1. The minimum atomic E-state index is -2.85. The third-order valence-corrected chi connectivity index (χ3v) is 2.41. The lowest BCUT2D eigenvalue weighted by molar-refractivity contribution is -0.285. The van der Waals surface area contributed by atoms with Crippen LogP contribution >= 0.6 is 8.25 Å².